The van der Waals surface area contributed by atoms with Crippen molar-refractivity contribution in [3.63, 3.8) is 0 Å². The third-order valence-electron chi connectivity index (χ3n) is 6.67. The molecule has 0 unspecified atom stereocenters. The second-order valence-electron chi connectivity index (χ2n) is 9.40. The van der Waals surface area contributed by atoms with Gasteiger partial charge >= 0.3 is 0 Å². The van der Waals surface area contributed by atoms with Crippen LogP contribution in [0.3, 0.4) is 0 Å². The molecule has 0 radical (unpaired) electrons. The number of rotatable bonds is 4. The number of ether oxygens (including phenoxy) is 2. The summed E-state index contributed by atoms with van der Waals surface area (Å²) in [4.78, 5) is 13.0. The maximum Gasteiger partial charge on any atom is 0.164 e. The van der Waals surface area contributed by atoms with Crippen molar-refractivity contribution < 1.29 is 9.47 Å². The third kappa shape index (κ3) is 3.53. The molecular weight excluding hydrogens is 436 g/mol. The summed E-state index contributed by atoms with van der Waals surface area (Å²) in [5.74, 6) is -0.636. The van der Waals surface area contributed by atoms with Gasteiger partial charge in [-0.05, 0) is 62.3 Å². The molecule has 6 rings (SSSR count). The van der Waals surface area contributed by atoms with Crippen LogP contribution in [0, 0.1) is 6.92 Å². The Labute approximate surface area is 197 Å². The minimum Gasteiger partial charge on any atom is -0.342 e. The van der Waals surface area contributed by atoms with E-state index in [-0.39, 0.29) is 18.2 Å². The Morgan fingerprint density at radius 1 is 1.09 bits per heavy atom. The fraction of sp³-hybridized carbons (Fsp3) is 0.346. The first-order chi connectivity index (χ1) is 15.9. The summed E-state index contributed by atoms with van der Waals surface area (Å²) in [6, 6.07) is 8.50. The van der Waals surface area contributed by atoms with Crippen LogP contribution in [0.25, 0.3) is 21.8 Å². The Kier molecular flexibility index (Phi) is 4.80. The molecular formula is C26H25ClN4O2. The van der Waals surface area contributed by atoms with Gasteiger partial charge in [-0.3, -0.25) is 4.98 Å². The SMILES string of the molecule is Cc1cc(CCC2=C[C@@H](n3ccc4c(Cl)ncnc43)[C@@H]3OC(C)(C)O[C@H]23)c2cnccc2c1. The molecule has 4 aromatic rings. The number of benzene rings is 1. The molecule has 168 valence electrons. The van der Waals surface area contributed by atoms with Gasteiger partial charge in [-0.25, -0.2) is 9.97 Å². The van der Waals surface area contributed by atoms with Gasteiger partial charge < -0.3 is 14.0 Å². The zero-order valence-electron chi connectivity index (χ0n) is 18.8. The van der Waals surface area contributed by atoms with Gasteiger partial charge in [0.2, 0.25) is 0 Å². The van der Waals surface area contributed by atoms with Gasteiger partial charge in [0.1, 0.15) is 29.3 Å². The van der Waals surface area contributed by atoms with Crippen LogP contribution in [0.2, 0.25) is 5.15 Å². The van der Waals surface area contributed by atoms with Crippen LogP contribution in [0.4, 0.5) is 0 Å². The molecule has 2 aliphatic rings. The Bertz CT molecular complexity index is 1410. The number of hydrogen-bond acceptors (Lipinski definition) is 5. The largest absolute Gasteiger partial charge is 0.342 e. The Morgan fingerprint density at radius 3 is 2.85 bits per heavy atom. The molecule has 4 heterocycles. The lowest BCUT2D eigenvalue weighted by Gasteiger charge is -2.22. The first kappa shape index (κ1) is 20.8. The lowest BCUT2D eigenvalue weighted by Crippen LogP contribution is -2.27. The normalized spacial score (nSPS) is 23.9. The number of aromatic nitrogens is 4. The van der Waals surface area contributed by atoms with Crippen molar-refractivity contribution in [2.75, 3.05) is 0 Å². The molecule has 0 amide bonds. The van der Waals surface area contributed by atoms with Crippen LogP contribution in [0.1, 0.15) is 37.4 Å². The molecule has 0 bridgehead atoms. The molecule has 0 saturated carbocycles. The van der Waals surface area contributed by atoms with Gasteiger partial charge in [-0.15, -0.1) is 0 Å². The van der Waals surface area contributed by atoms with Gasteiger partial charge in [-0.1, -0.05) is 35.4 Å². The molecule has 3 atom stereocenters. The maximum absolute atomic E-state index is 6.38. The quantitative estimate of drug-likeness (QED) is 0.294. The molecule has 1 saturated heterocycles. The standard InChI is InChI=1S/C26H25ClN4O2/c1-15-10-16(20-13-28-8-6-17(20)11-15)4-5-18-12-21(23-22(18)32-26(2,3)33-23)31-9-7-19-24(27)29-14-30-25(19)31/h6-14,21-23H,4-5H2,1-3H3/t21-,22-,23+/m1/s1. The minimum atomic E-state index is -0.636. The fourth-order valence-electron chi connectivity index (χ4n) is 5.30. The zero-order chi connectivity index (χ0) is 22.7. The summed E-state index contributed by atoms with van der Waals surface area (Å²) in [6.07, 6.45) is 11.2. The van der Waals surface area contributed by atoms with E-state index in [2.05, 4.69) is 50.7 Å². The number of aryl methyl sites for hydroxylation is 2. The highest BCUT2D eigenvalue weighted by Gasteiger charge is 2.50. The van der Waals surface area contributed by atoms with E-state index in [0.29, 0.717) is 5.15 Å². The number of nitrogens with zero attached hydrogens (tertiary/aromatic N) is 4. The third-order valence-corrected chi connectivity index (χ3v) is 6.97. The van der Waals surface area contributed by atoms with Crippen molar-refractivity contribution in [3.8, 4) is 0 Å². The minimum absolute atomic E-state index is 0.0221. The van der Waals surface area contributed by atoms with Crippen LogP contribution < -0.4 is 0 Å². The lowest BCUT2D eigenvalue weighted by atomic mass is 9.96. The summed E-state index contributed by atoms with van der Waals surface area (Å²) in [5.41, 5.74) is 4.64. The van der Waals surface area contributed by atoms with E-state index in [4.69, 9.17) is 21.1 Å². The second-order valence-corrected chi connectivity index (χ2v) is 9.76. The monoisotopic (exact) mass is 460 g/mol. The highest BCUT2D eigenvalue weighted by molar-refractivity contribution is 6.33. The lowest BCUT2D eigenvalue weighted by molar-refractivity contribution is -0.147. The molecule has 7 heteroatoms. The molecule has 1 aliphatic heterocycles. The maximum atomic E-state index is 6.38. The van der Waals surface area contributed by atoms with E-state index in [1.807, 2.05) is 38.5 Å². The Morgan fingerprint density at radius 2 is 1.97 bits per heavy atom. The predicted octanol–water partition coefficient (Wildman–Crippen LogP) is 5.58. The van der Waals surface area contributed by atoms with E-state index < -0.39 is 5.79 Å². The van der Waals surface area contributed by atoms with Crippen molar-refractivity contribution in [2.45, 2.75) is 57.6 Å². The van der Waals surface area contributed by atoms with E-state index in [0.717, 1.165) is 23.9 Å². The predicted molar refractivity (Wildman–Crippen MR) is 128 cm³/mol. The zero-order valence-corrected chi connectivity index (χ0v) is 19.6. The fourth-order valence-corrected chi connectivity index (χ4v) is 5.50. The van der Waals surface area contributed by atoms with E-state index >= 15 is 0 Å². The average molecular weight is 461 g/mol. The molecule has 0 N–H and O–H groups in total. The van der Waals surface area contributed by atoms with Gasteiger partial charge in [0.25, 0.3) is 0 Å². The van der Waals surface area contributed by atoms with Gasteiger partial charge in [0.15, 0.2) is 5.79 Å². The van der Waals surface area contributed by atoms with E-state index in [9.17, 15) is 0 Å². The number of pyridine rings is 1. The summed E-state index contributed by atoms with van der Waals surface area (Å²) in [5, 5.41) is 3.74. The highest BCUT2D eigenvalue weighted by Crippen LogP contribution is 2.45. The van der Waals surface area contributed by atoms with Crippen molar-refractivity contribution in [1.29, 1.82) is 0 Å². The molecule has 6 nitrogen and oxygen atoms in total. The number of hydrogen-bond donors (Lipinski definition) is 0. The Balaban J connectivity index is 1.36. The topological polar surface area (TPSA) is 62.1 Å². The van der Waals surface area contributed by atoms with Crippen molar-refractivity contribution >= 4 is 33.4 Å². The number of halogens is 1. The van der Waals surface area contributed by atoms with Crippen LogP contribution in [-0.4, -0.2) is 37.5 Å². The van der Waals surface area contributed by atoms with Crippen molar-refractivity contribution in [3.05, 3.63) is 77.1 Å². The summed E-state index contributed by atoms with van der Waals surface area (Å²) in [7, 11) is 0. The second kappa shape index (κ2) is 7.62. The van der Waals surface area contributed by atoms with E-state index in [1.165, 1.54) is 33.8 Å². The van der Waals surface area contributed by atoms with Gasteiger partial charge in [0, 0.05) is 24.0 Å². The molecule has 1 fully saturated rings. The van der Waals surface area contributed by atoms with Gasteiger partial charge in [-0.2, -0.15) is 0 Å². The molecule has 0 spiro atoms. The van der Waals surface area contributed by atoms with Crippen LogP contribution in [-0.2, 0) is 15.9 Å². The average Bonchev–Trinajstić information content (AvgIpc) is 3.43. The Hall–Kier alpha value is -2.80. The first-order valence-electron chi connectivity index (χ1n) is 11.3. The first-order valence-corrected chi connectivity index (χ1v) is 11.6. The highest BCUT2D eigenvalue weighted by atomic mass is 35.5. The van der Waals surface area contributed by atoms with Gasteiger partial charge in [0.05, 0.1) is 11.4 Å². The summed E-state index contributed by atoms with van der Waals surface area (Å²) < 4.78 is 14.9. The summed E-state index contributed by atoms with van der Waals surface area (Å²) in [6.45, 7) is 6.10. The van der Waals surface area contributed by atoms with E-state index in [1.54, 1.807) is 0 Å². The molecule has 3 aromatic heterocycles. The smallest absolute Gasteiger partial charge is 0.164 e. The van der Waals surface area contributed by atoms with Crippen LogP contribution in [0.15, 0.2) is 60.8 Å². The van der Waals surface area contributed by atoms with Crippen LogP contribution in [0.5, 0.6) is 0 Å². The van der Waals surface area contributed by atoms with Crippen LogP contribution >= 0.6 is 11.6 Å². The van der Waals surface area contributed by atoms with Crippen molar-refractivity contribution in [1.82, 2.24) is 19.5 Å². The molecule has 1 aromatic carbocycles. The summed E-state index contributed by atoms with van der Waals surface area (Å²) >= 11 is 6.30. The number of fused-ring (bicyclic) bond motifs is 3. The molecule has 33 heavy (non-hydrogen) atoms. The molecule has 1 aliphatic carbocycles. The van der Waals surface area contributed by atoms with Crippen molar-refractivity contribution in [2.24, 2.45) is 0 Å².